The van der Waals surface area contributed by atoms with E-state index in [0.717, 1.165) is 16.7 Å². The van der Waals surface area contributed by atoms with E-state index in [0.29, 0.717) is 6.54 Å². The first-order chi connectivity index (χ1) is 7.29. The zero-order valence-corrected chi connectivity index (χ0v) is 8.20. The molecule has 0 aromatic heterocycles. The van der Waals surface area contributed by atoms with Gasteiger partial charge in [0.2, 0.25) is 0 Å². The Morgan fingerprint density at radius 1 is 1.13 bits per heavy atom. The van der Waals surface area contributed by atoms with E-state index in [1.807, 2.05) is 24.3 Å². The van der Waals surface area contributed by atoms with Gasteiger partial charge in [-0.15, -0.1) is 0 Å². The SMILES string of the molecule is NCc1[c]ccc(-c2cccc(F)c2)c1. The lowest BCUT2D eigenvalue weighted by Gasteiger charge is -2.03. The quantitative estimate of drug-likeness (QED) is 0.792. The second kappa shape index (κ2) is 4.24. The highest BCUT2D eigenvalue weighted by molar-refractivity contribution is 5.63. The van der Waals surface area contributed by atoms with Crippen LogP contribution < -0.4 is 5.73 Å². The predicted octanol–water partition coefficient (Wildman–Crippen LogP) is 2.75. The molecular weight excluding hydrogens is 189 g/mol. The Hall–Kier alpha value is -1.67. The molecule has 2 heteroatoms. The van der Waals surface area contributed by atoms with Crippen LogP contribution in [0.25, 0.3) is 11.1 Å². The molecule has 0 aliphatic heterocycles. The normalized spacial score (nSPS) is 10.3. The molecule has 0 fully saturated rings. The summed E-state index contributed by atoms with van der Waals surface area (Å²) in [5, 5.41) is 0. The molecule has 0 unspecified atom stereocenters. The number of hydrogen-bond donors (Lipinski definition) is 1. The highest BCUT2D eigenvalue weighted by Gasteiger charge is 1.99. The van der Waals surface area contributed by atoms with Crippen molar-refractivity contribution in [2.75, 3.05) is 0 Å². The van der Waals surface area contributed by atoms with Crippen molar-refractivity contribution in [1.82, 2.24) is 0 Å². The number of hydrogen-bond acceptors (Lipinski definition) is 1. The summed E-state index contributed by atoms with van der Waals surface area (Å²) in [6, 6.07) is 15.2. The summed E-state index contributed by atoms with van der Waals surface area (Å²) in [5.74, 6) is -0.227. The third-order valence-corrected chi connectivity index (χ3v) is 2.24. The molecule has 1 radical (unpaired) electrons. The van der Waals surface area contributed by atoms with Crippen LogP contribution in [0.4, 0.5) is 4.39 Å². The van der Waals surface area contributed by atoms with Crippen molar-refractivity contribution < 1.29 is 4.39 Å². The molecule has 0 bridgehead atoms. The Morgan fingerprint density at radius 3 is 2.67 bits per heavy atom. The number of nitrogens with two attached hydrogens (primary N) is 1. The summed E-state index contributed by atoms with van der Waals surface area (Å²) in [7, 11) is 0. The molecule has 0 saturated heterocycles. The van der Waals surface area contributed by atoms with Gasteiger partial charge >= 0.3 is 0 Å². The fourth-order valence-electron chi connectivity index (χ4n) is 1.48. The Labute approximate surface area is 88.4 Å². The van der Waals surface area contributed by atoms with Crippen molar-refractivity contribution in [2.45, 2.75) is 6.54 Å². The maximum Gasteiger partial charge on any atom is 0.123 e. The highest BCUT2D eigenvalue weighted by atomic mass is 19.1. The van der Waals surface area contributed by atoms with Crippen LogP contribution in [0.2, 0.25) is 0 Å². The molecule has 2 rings (SSSR count). The molecular formula is C13H11FN. The van der Waals surface area contributed by atoms with E-state index >= 15 is 0 Å². The average molecular weight is 200 g/mol. The molecule has 0 aliphatic carbocycles. The summed E-state index contributed by atoms with van der Waals surface area (Å²) in [5.41, 5.74) is 8.28. The van der Waals surface area contributed by atoms with Crippen molar-refractivity contribution in [3.63, 3.8) is 0 Å². The van der Waals surface area contributed by atoms with Gasteiger partial charge in [-0.2, -0.15) is 0 Å². The van der Waals surface area contributed by atoms with E-state index in [2.05, 4.69) is 6.07 Å². The molecule has 0 amide bonds. The molecule has 15 heavy (non-hydrogen) atoms. The first kappa shape index (κ1) is 9.87. The van der Waals surface area contributed by atoms with E-state index in [1.165, 1.54) is 12.1 Å². The van der Waals surface area contributed by atoms with Crippen molar-refractivity contribution in [1.29, 1.82) is 0 Å². The van der Waals surface area contributed by atoms with Crippen LogP contribution in [0.15, 0.2) is 42.5 Å². The van der Waals surface area contributed by atoms with Crippen molar-refractivity contribution in [3.8, 4) is 11.1 Å². The minimum Gasteiger partial charge on any atom is -0.326 e. The number of halogens is 1. The lowest BCUT2D eigenvalue weighted by Crippen LogP contribution is -1.96. The van der Waals surface area contributed by atoms with E-state index < -0.39 is 0 Å². The van der Waals surface area contributed by atoms with Crippen molar-refractivity contribution in [3.05, 3.63) is 59.9 Å². The van der Waals surface area contributed by atoms with Gasteiger partial charge in [-0.1, -0.05) is 24.3 Å². The van der Waals surface area contributed by atoms with Gasteiger partial charge in [-0.05, 0) is 41.0 Å². The molecule has 0 spiro atoms. The van der Waals surface area contributed by atoms with Gasteiger partial charge < -0.3 is 5.73 Å². The van der Waals surface area contributed by atoms with Crippen LogP contribution >= 0.6 is 0 Å². The molecule has 2 N–H and O–H groups in total. The first-order valence-corrected chi connectivity index (χ1v) is 4.76. The van der Waals surface area contributed by atoms with Gasteiger partial charge in [0.1, 0.15) is 5.82 Å². The topological polar surface area (TPSA) is 26.0 Å². The summed E-state index contributed by atoms with van der Waals surface area (Å²) < 4.78 is 13.0. The molecule has 2 aromatic carbocycles. The van der Waals surface area contributed by atoms with Crippen molar-refractivity contribution in [2.24, 2.45) is 5.73 Å². The highest BCUT2D eigenvalue weighted by Crippen LogP contribution is 2.20. The van der Waals surface area contributed by atoms with Crippen LogP contribution in [-0.4, -0.2) is 0 Å². The lowest BCUT2D eigenvalue weighted by molar-refractivity contribution is 0.628. The van der Waals surface area contributed by atoms with Crippen molar-refractivity contribution >= 4 is 0 Å². The average Bonchev–Trinajstić information content (AvgIpc) is 2.29. The minimum atomic E-state index is -0.227. The first-order valence-electron chi connectivity index (χ1n) is 4.76. The molecule has 0 aliphatic rings. The summed E-state index contributed by atoms with van der Waals surface area (Å²) in [4.78, 5) is 0. The number of rotatable bonds is 2. The Kier molecular flexibility index (Phi) is 2.79. The van der Waals surface area contributed by atoms with Gasteiger partial charge in [0.15, 0.2) is 0 Å². The second-order valence-corrected chi connectivity index (χ2v) is 3.32. The van der Waals surface area contributed by atoms with Crippen LogP contribution in [0.1, 0.15) is 5.56 Å². The molecule has 0 atom stereocenters. The zero-order valence-electron chi connectivity index (χ0n) is 8.20. The largest absolute Gasteiger partial charge is 0.326 e. The second-order valence-electron chi connectivity index (χ2n) is 3.32. The van der Waals surface area contributed by atoms with E-state index in [-0.39, 0.29) is 5.82 Å². The third-order valence-electron chi connectivity index (χ3n) is 2.24. The maximum atomic E-state index is 13.0. The fourth-order valence-corrected chi connectivity index (χ4v) is 1.48. The third kappa shape index (κ3) is 2.22. The molecule has 2 aromatic rings. The van der Waals surface area contributed by atoms with E-state index in [9.17, 15) is 4.39 Å². The van der Waals surface area contributed by atoms with Gasteiger partial charge in [0, 0.05) is 6.54 Å². The fraction of sp³-hybridized carbons (Fsp3) is 0.0769. The summed E-state index contributed by atoms with van der Waals surface area (Å²) in [6.07, 6.45) is 0. The molecule has 1 nitrogen and oxygen atoms in total. The minimum absolute atomic E-state index is 0.227. The van der Waals surface area contributed by atoms with Crippen LogP contribution in [0, 0.1) is 11.9 Å². The summed E-state index contributed by atoms with van der Waals surface area (Å²) >= 11 is 0. The zero-order chi connectivity index (χ0) is 10.7. The lowest BCUT2D eigenvalue weighted by atomic mass is 10.0. The Bertz CT molecular complexity index is 466. The number of benzene rings is 2. The Balaban J connectivity index is 2.44. The molecule has 0 heterocycles. The standard InChI is InChI=1S/C13H11FN/c14-13-6-2-5-12(8-13)11-4-1-3-10(7-11)9-15/h1-2,4-8H,9,15H2. The van der Waals surface area contributed by atoms with Gasteiger partial charge in [-0.25, -0.2) is 4.39 Å². The van der Waals surface area contributed by atoms with Gasteiger partial charge in [0.25, 0.3) is 0 Å². The van der Waals surface area contributed by atoms with E-state index in [4.69, 9.17) is 5.73 Å². The van der Waals surface area contributed by atoms with Crippen LogP contribution in [-0.2, 0) is 6.54 Å². The summed E-state index contributed by atoms with van der Waals surface area (Å²) in [6.45, 7) is 0.448. The predicted molar refractivity (Wildman–Crippen MR) is 58.6 cm³/mol. The van der Waals surface area contributed by atoms with Gasteiger partial charge in [0.05, 0.1) is 0 Å². The van der Waals surface area contributed by atoms with Crippen LogP contribution in [0.3, 0.4) is 0 Å². The van der Waals surface area contributed by atoms with Gasteiger partial charge in [-0.3, -0.25) is 0 Å². The monoisotopic (exact) mass is 200 g/mol. The smallest absolute Gasteiger partial charge is 0.123 e. The maximum absolute atomic E-state index is 13.0. The molecule has 75 valence electrons. The van der Waals surface area contributed by atoms with Crippen LogP contribution in [0.5, 0.6) is 0 Å². The van der Waals surface area contributed by atoms with E-state index in [1.54, 1.807) is 6.07 Å². The Morgan fingerprint density at radius 2 is 1.93 bits per heavy atom. The molecule has 0 saturated carbocycles.